The Hall–Kier alpha value is -3.46. The van der Waals surface area contributed by atoms with Crippen LogP contribution in [0.5, 0.6) is 0 Å². The maximum absolute atomic E-state index is 14.2. The fourth-order valence-electron chi connectivity index (χ4n) is 3.37. The second kappa shape index (κ2) is 8.23. The van der Waals surface area contributed by atoms with Crippen LogP contribution >= 0.6 is 11.6 Å². The molecule has 1 unspecified atom stereocenters. The molecule has 166 valence electrons. The van der Waals surface area contributed by atoms with Gasteiger partial charge in [0.05, 0.1) is 52.5 Å². The van der Waals surface area contributed by atoms with Crippen LogP contribution in [0, 0.1) is 0 Å². The molecule has 3 aromatic heterocycles. The molecular weight excluding hydrogens is 433 g/mol. The van der Waals surface area contributed by atoms with Gasteiger partial charge in [-0.25, -0.2) is 4.39 Å². The molecule has 0 aliphatic heterocycles. The molecule has 1 amide bonds. The minimum Gasteiger partial charge on any atom is -0.398 e. The predicted molar refractivity (Wildman–Crippen MR) is 123 cm³/mol. The molecule has 0 aliphatic rings. The second-order valence-corrected chi connectivity index (χ2v) is 8.71. The Morgan fingerprint density at radius 1 is 1.31 bits per heavy atom. The third-order valence-corrected chi connectivity index (χ3v) is 5.45. The van der Waals surface area contributed by atoms with Crippen molar-refractivity contribution in [1.82, 2.24) is 25.0 Å². The van der Waals surface area contributed by atoms with Crippen LogP contribution in [-0.4, -0.2) is 36.5 Å². The van der Waals surface area contributed by atoms with E-state index in [1.807, 2.05) is 0 Å². The monoisotopic (exact) mass is 455 g/mol. The van der Waals surface area contributed by atoms with Crippen LogP contribution in [0.2, 0.25) is 5.02 Å². The number of amides is 1. The molecule has 0 saturated heterocycles. The normalized spacial score (nSPS) is 12.8. The molecule has 0 spiro atoms. The number of hydrogen-bond acceptors (Lipinski definition) is 5. The van der Waals surface area contributed by atoms with Crippen LogP contribution in [0.25, 0.3) is 22.3 Å². The van der Waals surface area contributed by atoms with Crippen molar-refractivity contribution in [2.75, 3.05) is 11.1 Å². The van der Waals surface area contributed by atoms with E-state index in [1.165, 1.54) is 20.0 Å². The van der Waals surface area contributed by atoms with Crippen LogP contribution in [0.4, 0.5) is 15.8 Å². The molecule has 32 heavy (non-hydrogen) atoms. The first kappa shape index (κ1) is 21.8. The molecule has 0 aliphatic carbocycles. The molecule has 8 nitrogen and oxygen atoms in total. The second-order valence-electron chi connectivity index (χ2n) is 8.30. The van der Waals surface area contributed by atoms with E-state index in [0.29, 0.717) is 27.8 Å². The fraction of sp³-hybridized carbons (Fsp3) is 0.273. The van der Waals surface area contributed by atoms with Crippen LogP contribution < -0.4 is 11.1 Å². The third kappa shape index (κ3) is 4.43. The van der Waals surface area contributed by atoms with Gasteiger partial charge in [-0.15, -0.1) is 0 Å². The molecule has 1 aromatic carbocycles. The molecule has 4 N–H and O–H groups in total. The molecule has 1 atom stereocenters. The van der Waals surface area contributed by atoms with E-state index in [2.05, 4.69) is 25.6 Å². The lowest BCUT2D eigenvalue weighted by Gasteiger charge is -2.15. The summed E-state index contributed by atoms with van der Waals surface area (Å²) in [5.41, 5.74) is 7.83. The number of benzene rings is 1. The van der Waals surface area contributed by atoms with Crippen molar-refractivity contribution >= 4 is 39.8 Å². The van der Waals surface area contributed by atoms with Crippen molar-refractivity contribution in [1.29, 1.82) is 0 Å². The lowest BCUT2D eigenvalue weighted by atomic mass is 10.00. The molecule has 0 fully saturated rings. The first-order valence-electron chi connectivity index (χ1n) is 10.0. The summed E-state index contributed by atoms with van der Waals surface area (Å²) < 4.78 is 15.8. The Balaban J connectivity index is 1.60. The fourth-order valence-corrected chi connectivity index (χ4v) is 3.56. The molecule has 0 bridgehead atoms. The number of nitrogens with one attached hydrogen (secondary N) is 2. The van der Waals surface area contributed by atoms with Gasteiger partial charge in [0.15, 0.2) is 0 Å². The highest BCUT2D eigenvalue weighted by molar-refractivity contribution is 6.33. The van der Waals surface area contributed by atoms with E-state index in [0.717, 1.165) is 16.5 Å². The number of rotatable bonds is 6. The zero-order chi connectivity index (χ0) is 23.0. The van der Waals surface area contributed by atoms with E-state index < -0.39 is 11.6 Å². The van der Waals surface area contributed by atoms with Crippen molar-refractivity contribution in [2.24, 2.45) is 0 Å². The predicted octanol–water partition coefficient (Wildman–Crippen LogP) is 4.55. The Morgan fingerprint density at radius 2 is 2.09 bits per heavy atom. The lowest BCUT2D eigenvalue weighted by Crippen LogP contribution is -2.21. The maximum Gasteiger partial charge on any atom is 0.231 e. The Kier molecular flexibility index (Phi) is 5.60. The summed E-state index contributed by atoms with van der Waals surface area (Å²) in [6.07, 6.45) is 4.82. The number of halogens is 2. The van der Waals surface area contributed by atoms with Gasteiger partial charge in [0.25, 0.3) is 0 Å². The van der Waals surface area contributed by atoms with Crippen molar-refractivity contribution in [3.8, 4) is 11.4 Å². The molecule has 10 heteroatoms. The topological polar surface area (TPSA) is 115 Å². The average molecular weight is 456 g/mol. The molecule has 0 saturated carbocycles. The van der Waals surface area contributed by atoms with Gasteiger partial charge in [0.1, 0.15) is 11.4 Å². The Morgan fingerprint density at radius 3 is 2.81 bits per heavy atom. The standard InChI is InChI=1S/C22H23ClFN7O/c1-12(13-4-5-16(25)15(23)6-13)21(32)29-18-10-27-30-20(18)17-7-19-14(8-26-17)9-28-31(19)11-22(2,3)24/h4-10,12H,11,25H2,1-3H3,(H,27,30)(H,29,32). The zero-order valence-corrected chi connectivity index (χ0v) is 18.6. The van der Waals surface area contributed by atoms with Crippen LogP contribution in [0.3, 0.4) is 0 Å². The first-order valence-corrected chi connectivity index (χ1v) is 10.4. The SMILES string of the molecule is CC(C(=O)Nc1cn[nH]c1-c1cc2c(cn1)cnn2CC(C)(C)F)c1ccc(N)c(Cl)c1. The van der Waals surface area contributed by atoms with Crippen LogP contribution in [0.15, 0.2) is 42.9 Å². The highest BCUT2D eigenvalue weighted by Gasteiger charge is 2.21. The number of nitrogens with two attached hydrogens (primary N) is 1. The highest BCUT2D eigenvalue weighted by Crippen LogP contribution is 2.29. The summed E-state index contributed by atoms with van der Waals surface area (Å²) in [5.74, 6) is -0.710. The summed E-state index contributed by atoms with van der Waals surface area (Å²) >= 11 is 6.09. The molecular formula is C22H23ClFN7O. The van der Waals surface area contributed by atoms with Gasteiger partial charge in [0, 0.05) is 11.6 Å². The number of hydrogen-bond donors (Lipinski definition) is 3. The molecule has 3 heterocycles. The van der Waals surface area contributed by atoms with E-state index in [4.69, 9.17) is 17.3 Å². The summed E-state index contributed by atoms with van der Waals surface area (Å²) in [6, 6.07) is 6.91. The highest BCUT2D eigenvalue weighted by atomic mass is 35.5. The van der Waals surface area contributed by atoms with Crippen molar-refractivity contribution < 1.29 is 9.18 Å². The lowest BCUT2D eigenvalue weighted by molar-refractivity contribution is -0.117. The van der Waals surface area contributed by atoms with Gasteiger partial charge in [-0.05, 0) is 44.5 Å². The number of carbonyl (C=O) groups excluding carboxylic acids is 1. The summed E-state index contributed by atoms with van der Waals surface area (Å²) in [4.78, 5) is 17.3. The third-order valence-electron chi connectivity index (χ3n) is 5.12. The van der Waals surface area contributed by atoms with E-state index in [9.17, 15) is 9.18 Å². The van der Waals surface area contributed by atoms with Gasteiger partial charge in [0.2, 0.25) is 5.91 Å². The van der Waals surface area contributed by atoms with E-state index in [-0.39, 0.29) is 12.5 Å². The van der Waals surface area contributed by atoms with Crippen LogP contribution in [-0.2, 0) is 11.3 Å². The first-order chi connectivity index (χ1) is 15.1. The van der Waals surface area contributed by atoms with E-state index in [1.54, 1.807) is 48.3 Å². The summed E-state index contributed by atoms with van der Waals surface area (Å²) in [7, 11) is 0. The average Bonchev–Trinajstić information content (AvgIpc) is 3.35. The Bertz CT molecular complexity index is 1290. The van der Waals surface area contributed by atoms with E-state index >= 15 is 0 Å². The minimum atomic E-state index is -1.42. The number of nitrogen functional groups attached to an aromatic ring is 1. The minimum absolute atomic E-state index is 0.105. The van der Waals surface area contributed by atoms with Crippen molar-refractivity contribution in [3.05, 3.63) is 53.4 Å². The van der Waals surface area contributed by atoms with Crippen molar-refractivity contribution in [2.45, 2.75) is 38.9 Å². The molecule has 4 aromatic rings. The van der Waals surface area contributed by atoms with Gasteiger partial charge < -0.3 is 11.1 Å². The Labute approximate surface area is 189 Å². The number of aromatic nitrogens is 5. The van der Waals surface area contributed by atoms with Crippen molar-refractivity contribution in [3.63, 3.8) is 0 Å². The van der Waals surface area contributed by atoms with Gasteiger partial charge in [-0.3, -0.25) is 19.6 Å². The zero-order valence-electron chi connectivity index (χ0n) is 17.9. The summed E-state index contributed by atoms with van der Waals surface area (Å²) in [5, 5.41) is 15.3. The quantitative estimate of drug-likeness (QED) is 0.369. The number of nitrogens with zero attached hydrogens (tertiary/aromatic N) is 4. The number of H-pyrrole nitrogens is 1. The number of pyridine rings is 1. The van der Waals surface area contributed by atoms with Gasteiger partial charge in [-0.2, -0.15) is 10.2 Å². The number of alkyl halides is 1. The van der Waals surface area contributed by atoms with Gasteiger partial charge >= 0.3 is 0 Å². The molecule has 0 radical (unpaired) electrons. The van der Waals surface area contributed by atoms with Gasteiger partial charge in [-0.1, -0.05) is 17.7 Å². The largest absolute Gasteiger partial charge is 0.398 e. The smallest absolute Gasteiger partial charge is 0.231 e. The summed E-state index contributed by atoms with van der Waals surface area (Å²) in [6.45, 7) is 4.88. The number of carbonyl (C=O) groups is 1. The number of fused-ring (bicyclic) bond motifs is 1. The maximum atomic E-state index is 14.2. The number of anilines is 2. The molecule has 4 rings (SSSR count). The van der Waals surface area contributed by atoms with Crippen LogP contribution in [0.1, 0.15) is 32.3 Å². The number of aromatic amines is 1.